The van der Waals surface area contributed by atoms with E-state index >= 15 is 0 Å². The van der Waals surface area contributed by atoms with Gasteiger partial charge in [-0.25, -0.2) is 20.4 Å². The normalized spacial score (nSPS) is 10.0. The molecule has 6 nitrogen and oxygen atoms in total. The number of carboxylic acid groups (broad SMARTS) is 2. The van der Waals surface area contributed by atoms with Gasteiger partial charge in [0.15, 0.2) is 0 Å². The van der Waals surface area contributed by atoms with E-state index in [1.54, 1.807) is 6.07 Å². The maximum Gasteiger partial charge on any atom is 0.498 e. The van der Waals surface area contributed by atoms with Crippen LogP contribution in [0.4, 0.5) is 18.9 Å². The first kappa shape index (κ1) is 15.7. The topological polar surface area (TPSA) is 104 Å². The minimum atomic E-state index is -4.53. The summed E-state index contributed by atoms with van der Waals surface area (Å²) in [6.07, 6.45) is -4.53. The number of carboxylic acids is 2. The van der Waals surface area contributed by atoms with Gasteiger partial charge < -0.3 is 10.2 Å². The molecule has 1 aromatic carbocycles. The van der Waals surface area contributed by atoms with Crippen LogP contribution in [0.1, 0.15) is 0 Å². The second kappa shape index (κ2) is 6.45. The quantitative estimate of drug-likeness (QED) is 0.304. The third-order valence-corrected chi connectivity index (χ3v) is 1.49. The Kier molecular flexibility index (Phi) is 5.63. The molecule has 0 aliphatic rings. The van der Waals surface area contributed by atoms with Crippen molar-refractivity contribution in [2.75, 3.05) is 5.01 Å². The third kappa shape index (κ3) is 5.70. The largest absolute Gasteiger partial charge is 0.498 e. The fourth-order valence-electron chi connectivity index (χ4n) is 0.735. The summed E-state index contributed by atoms with van der Waals surface area (Å²) in [6, 6.07) is 7.16. The molecular weight excluding hydrogens is 257 g/mol. The lowest BCUT2D eigenvalue weighted by Gasteiger charge is -2.20. The molecule has 1 aromatic rings. The Balaban J connectivity index is 0.000000411. The van der Waals surface area contributed by atoms with Gasteiger partial charge in [-0.15, -0.1) is 13.2 Å². The second-order valence-electron chi connectivity index (χ2n) is 2.78. The molecule has 0 atom stereocenters. The second-order valence-corrected chi connectivity index (χ2v) is 2.78. The summed E-state index contributed by atoms with van der Waals surface area (Å²) in [5.74, 6) is 1.13. The van der Waals surface area contributed by atoms with Crippen LogP contribution in [0.3, 0.4) is 0 Å². The molecule has 0 bridgehead atoms. The van der Waals surface area contributed by atoms with Crippen molar-refractivity contribution in [2.24, 2.45) is 5.84 Å². The predicted octanol–water partition coefficient (Wildman–Crippen LogP) is 1.04. The zero-order valence-electron chi connectivity index (χ0n) is 8.76. The molecule has 0 amide bonds. The summed E-state index contributed by atoms with van der Waals surface area (Å²) < 4.78 is 35.8. The fourth-order valence-corrected chi connectivity index (χ4v) is 0.735. The van der Waals surface area contributed by atoms with Crippen molar-refractivity contribution in [3.05, 3.63) is 30.3 Å². The number of halogens is 3. The minimum absolute atomic E-state index is 0.0787. The van der Waals surface area contributed by atoms with E-state index in [9.17, 15) is 13.2 Å². The van der Waals surface area contributed by atoms with Crippen LogP contribution in [0.5, 0.6) is 0 Å². The summed E-state index contributed by atoms with van der Waals surface area (Å²) in [5.41, 5.74) is -0.0787. The highest BCUT2D eigenvalue weighted by Crippen LogP contribution is 2.23. The molecule has 4 N–H and O–H groups in total. The average molecular weight is 266 g/mol. The molecule has 0 spiro atoms. The number of para-hydroxylation sites is 1. The molecule has 0 aromatic heterocycles. The van der Waals surface area contributed by atoms with E-state index in [-0.39, 0.29) is 10.7 Å². The van der Waals surface area contributed by atoms with Crippen LogP contribution in [0.25, 0.3) is 0 Å². The Hall–Kier alpha value is -2.29. The summed E-state index contributed by atoms with van der Waals surface area (Å²) in [5, 5.41) is 14.6. The van der Waals surface area contributed by atoms with Crippen LogP contribution in [0.2, 0.25) is 0 Å². The van der Waals surface area contributed by atoms with E-state index < -0.39 is 18.2 Å². The van der Waals surface area contributed by atoms with Gasteiger partial charge in [-0.05, 0) is 12.1 Å². The molecule has 9 heteroatoms. The van der Waals surface area contributed by atoms with Crippen LogP contribution in [-0.4, -0.2) is 28.5 Å². The van der Waals surface area contributed by atoms with Gasteiger partial charge in [0.2, 0.25) is 0 Å². The minimum Gasteiger partial charge on any atom is -0.473 e. The lowest BCUT2D eigenvalue weighted by Crippen LogP contribution is -2.43. The number of carbonyl (C=O) groups is 2. The molecule has 0 aliphatic heterocycles. The summed E-state index contributed by atoms with van der Waals surface area (Å²) in [4.78, 5) is 18.2. The molecule has 0 heterocycles. The van der Waals surface area contributed by atoms with Crippen LogP contribution < -0.4 is 10.9 Å². The lowest BCUT2D eigenvalue weighted by molar-refractivity contribution is -0.159. The van der Waals surface area contributed by atoms with E-state index in [0.29, 0.717) is 0 Å². The van der Waals surface area contributed by atoms with Crippen LogP contribution in [-0.2, 0) is 9.59 Å². The van der Waals surface area contributed by atoms with E-state index in [1.165, 1.54) is 24.3 Å². The highest BCUT2D eigenvalue weighted by Gasteiger charge is 2.35. The molecule has 0 unspecified atom stereocenters. The number of benzene rings is 1. The van der Waals surface area contributed by atoms with E-state index in [1.807, 2.05) is 0 Å². The van der Waals surface area contributed by atoms with Crippen molar-refractivity contribution in [3.8, 4) is 0 Å². The molecule has 100 valence electrons. The summed E-state index contributed by atoms with van der Waals surface area (Å²) in [7, 11) is 0. The summed E-state index contributed by atoms with van der Waals surface area (Å²) in [6.45, 7) is 0. The Morgan fingerprint density at radius 2 is 1.44 bits per heavy atom. The number of rotatable bonds is 1. The number of hydrogen-bond donors (Lipinski definition) is 3. The molecule has 0 radical (unpaired) electrons. The molecule has 18 heavy (non-hydrogen) atoms. The third-order valence-electron chi connectivity index (χ3n) is 1.49. The van der Waals surface area contributed by atoms with Crippen molar-refractivity contribution in [1.29, 1.82) is 0 Å². The van der Waals surface area contributed by atoms with Crippen LogP contribution >= 0.6 is 0 Å². The van der Waals surface area contributed by atoms with Gasteiger partial charge in [0, 0.05) is 0 Å². The first-order valence-electron chi connectivity index (χ1n) is 4.29. The lowest BCUT2D eigenvalue weighted by atomic mass is 10.3. The van der Waals surface area contributed by atoms with Crippen LogP contribution in [0, 0.1) is 0 Å². The highest BCUT2D eigenvalue weighted by molar-refractivity contribution is 6.27. The van der Waals surface area contributed by atoms with Gasteiger partial charge >= 0.3 is 18.2 Å². The van der Waals surface area contributed by atoms with Crippen molar-refractivity contribution >= 4 is 17.6 Å². The van der Waals surface area contributed by atoms with Gasteiger partial charge in [-0.2, -0.15) is 0 Å². The average Bonchev–Trinajstić information content (AvgIpc) is 2.28. The fraction of sp³-hybridized carbons (Fsp3) is 0.111. The Morgan fingerprint density at radius 1 is 1.06 bits per heavy atom. The maximum atomic E-state index is 11.9. The highest BCUT2D eigenvalue weighted by atomic mass is 19.4. The SMILES string of the molecule is NN(c1ccccc1)C(F)(F)F.O=C(O)C(=O)O. The standard InChI is InChI=1S/C7H7F3N2.C2H2O4/c8-7(9,10)12(11)6-4-2-1-3-5-6;3-1(4)2(5)6/h1-5H,11H2;(H,3,4)(H,5,6). The van der Waals surface area contributed by atoms with Crippen LogP contribution in [0.15, 0.2) is 30.3 Å². The Labute approximate surface area is 99.0 Å². The smallest absolute Gasteiger partial charge is 0.473 e. The number of aliphatic carboxylic acids is 2. The number of hydrogen-bond acceptors (Lipinski definition) is 4. The van der Waals surface area contributed by atoms with Crippen molar-refractivity contribution < 1.29 is 33.0 Å². The maximum absolute atomic E-state index is 11.9. The number of anilines is 1. The first-order valence-corrected chi connectivity index (χ1v) is 4.29. The number of nitrogens with zero attached hydrogens (tertiary/aromatic N) is 1. The van der Waals surface area contributed by atoms with E-state index in [0.717, 1.165) is 0 Å². The van der Waals surface area contributed by atoms with Gasteiger partial charge in [0.1, 0.15) is 0 Å². The number of alkyl halides is 3. The Morgan fingerprint density at radius 3 is 1.72 bits per heavy atom. The van der Waals surface area contributed by atoms with Crippen molar-refractivity contribution in [3.63, 3.8) is 0 Å². The van der Waals surface area contributed by atoms with E-state index in [2.05, 4.69) is 0 Å². The molecule has 0 aliphatic carbocycles. The monoisotopic (exact) mass is 266 g/mol. The molecule has 0 saturated heterocycles. The van der Waals surface area contributed by atoms with Gasteiger partial charge in [0.25, 0.3) is 0 Å². The van der Waals surface area contributed by atoms with Crippen molar-refractivity contribution in [1.82, 2.24) is 0 Å². The molecular formula is C9H9F3N2O4. The first-order chi connectivity index (χ1) is 8.16. The zero-order chi connectivity index (χ0) is 14.3. The van der Waals surface area contributed by atoms with E-state index in [4.69, 9.17) is 25.6 Å². The number of hydrazine groups is 1. The number of nitrogens with two attached hydrogens (primary N) is 1. The molecule has 0 fully saturated rings. The predicted molar refractivity (Wildman–Crippen MR) is 54.4 cm³/mol. The summed E-state index contributed by atoms with van der Waals surface area (Å²) >= 11 is 0. The molecule has 0 saturated carbocycles. The van der Waals surface area contributed by atoms with Gasteiger partial charge in [-0.1, -0.05) is 18.2 Å². The van der Waals surface area contributed by atoms with Gasteiger partial charge in [0.05, 0.1) is 5.69 Å². The van der Waals surface area contributed by atoms with Gasteiger partial charge in [-0.3, -0.25) is 0 Å². The zero-order valence-corrected chi connectivity index (χ0v) is 8.76. The Bertz CT molecular complexity index is 396. The molecule has 1 rings (SSSR count). The van der Waals surface area contributed by atoms with Crippen molar-refractivity contribution in [2.45, 2.75) is 6.30 Å².